The minimum atomic E-state index is -1.90. The molecule has 0 N–H and O–H groups in total. The number of benzene rings is 1. The molecule has 0 spiro atoms. The molecule has 0 aromatic heterocycles. The van der Waals surface area contributed by atoms with E-state index in [2.05, 4.69) is 95.8 Å². The van der Waals surface area contributed by atoms with Crippen LogP contribution in [-0.2, 0) is 25.2 Å². The summed E-state index contributed by atoms with van der Waals surface area (Å²) in [6.07, 6.45) is 8.31. The lowest BCUT2D eigenvalue weighted by atomic mass is 9.79. The average Bonchev–Trinajstić information content (AvgIpc) is 3.54. The van der Waals surface area contributed by atoms with Gasteiger partial charge >= 0.3 is 0 Å². The zero-order chi connectivity index (χ0) is 29.8. The maximum atomic E-state index is 7.46. The molecule has 0 amide bonds. The van der Waals surface area contributed by atoms with Crippen LogP contribution in [0.2, 0.25) is 18.1 Å². The van der Waals surface area contributed by atoms with E-state index in [4.69, 9.17) is 18.6 Å². The summed E-state index contributed by atoms with van der Waals surface area (Å²) in [7, 11) is -1.90. The van der Waals surface area contributed by atoms with Crippen LogP contribution in [0, 0.1) is 5.92 Å². The first kappa shape index (κ1) is 32.6. The van der Waals surface area contributed by atoms with Crippen molar-refractivity contribution in [1.29, 1.82) is 0 Å². The first-order valence-corrected chi connectivity index (χ1v) is 18.8. The first-order valence-electron chi connectivity index (χ1n) is 16.3. The van der Waals surface area contributed by atoms with E-state index < -0.39 is 19.7 Å². The molecule has 3 heterocycles. The summed E-state index contributed by atoms with van der Waals surface area (Å²) in [6, 6.07) is 14.4. The molecule has 1 aromatic carbocycles. The molecule has 0 saturated carbocycles. The molecule has 41 heavy (non-hydrogen) atoms. The molecule has 0 unspecified atom stereocenters. The molecule has 6 heteroatoms. The monoisotopic (exact) mass is 583 g/mol. The molecule has 3 saturated heterocycles. The molecule has 6 atom stereocenters. The fourth-order valence-electron chi connectivity index (χ4n) is 7.42. The van der Waals surface area contributed by atoms with E-state index in [-0.39, 0.29) is 18.3 Å². The van der Waals surface area contributed by atoms with Gasteiger partial charge in [-0.25, -0.2) is 0 Å². The Bertz CT molecular complexity index is 1040. The fourth-order valence-corrected chi connectivity index (χ4v) is 10.3. The number of hydrogen-bond acceptors (Lipinski definition) is 5. The van der Waals surface area contributed by atoms with Crippen LogP contribution in [0.5, 0.6) is 0 Å². The van der Waals surface area contributed by atoms with Gasteiger partial charge in [0.05, 0.1) is 18.8 Å². The summed E-state index contributed by atoms with van der Waals surface area (Å²) in [5.41, 5.74) is 3.51. The van der Waals surface area contributed by atoms with E-state index in [9.17, 15) is 0 Å². The van der Waals surface area contributed by atoms with Crippen LogP contribution in [0.1, 0.15) is 87.1 Å². The van der Waals surface area contributed by atoms with E-state index >= 15 is 0 Å². The Balaban J connectivity index is 1.63. The van der Waals surface area contributed by atoms with Crippen molar-refractivity contribution in [3.63, 3.8) is 0 Å². The maximum absolute atomic E-state index is 7.46. The SMILES string of the molecule is CC[Si](CC)(CC)O[C@@H]1/C(=C/[C@H](C)C/C=C(\C)[C@H]2OC(C)(C)O[C@@H]2C)CN2CCC[C@H]2[C@@]1(C)OCc1ccccc1. The van der Waals surface area contributed by atoms with Gasteiger partial charge < -0.3 is 18.6 Å². The Hall–Kier alpha value is -1.28. The van der Waals surface area contributed by atoms with Gasteiger partial charge in [-0.2, -0.15) is 0 Å². The third kappa shape index (κ3) is 7.45. The molecule has 3 fully saturated rings. The molecular weight excluding hydrogens is 526 g/mol. The Morgan fingerprint density at radius 1 is 1.10 bits per heavy atom. The molecule has 5 nitrogen and oxygen atoms in total. The van der Waals surface area contributed by atoms with Crippen molar-refractivity contribution in [2.45, 2.75) is 142 Å². The minimum absolute atomic E-state index is 0.0148. The lowest BCUT2D eigenvalue weighted by Crippen LogP contribution is -2.65. The number of hydrogen-bond donors (Lipinski definition) is 0. The quantitative estimate of drug-likeness (QED) is 0.183. The van der Waals surface area contributed by atoms with Crippen LogP contribution >= 0.6 is 0 Å². The van der Waals surface area contributed by atoms with Gasteiger partial charge in [0.15, 0.2) is 14.1 Å². The van der Waals surface area contributed by atoms with Crippen LogP contribution < -0.4 is 0 Å². The molecule has 0 bridgehead atoms. The molecule has 230 valence electrons. The van der Waals surface area contributed by atoms with Gasteiger partial charge in [0.1, 0.15) is 11.7 Å². The number of piperidine rings is 1. The van der Waals surface area contributed by atoms with Gasteiger partial charge in [-0.3, -0.25) is 4.90 Å². The number of nitrogens with zero attached hydrogens (tertiary/aromatic N) is 1. The lowest BCUT2D eigenvalue weighted by molar-refractivity contribution is -0.154. The van der Waals surface area contributed by atoms with Gasteiger partial charge in [-0.15, -0.1) is 0 Å². The highest BCUT2D eigenvalue weighted by molar-refractivity contribution is 6.73. The van der Waals surface area contributed by atoms with Crippen molar-refractivity contribution < 1.29 is 18.6 Å². The molecule has 3 aliphatic heterocycles. The summed E-state index contributed by atoms with van der Waals surface area (Å²) in [6.45, 7) is 22.7. The summed E-state index contributed by atoms with van der Waals surface area (Å²) in [5, 5.41) is 0. The molecule has 0 radical (unpaired) electrons. The summed E-state index contributed by atoms with van der Waals surface area (Å²) >= 11 is 0. The number of allylic oxidation sites excluding steroid dienone is 2. The van der Waals surface area contributed by atoms with Crippen LogP contribution in [-0.4, -0.2) is 62.0 Å². The Morgan fingerprint density at radius 3 is 2.39 bits per heavy atom. The van der Waals surface area contributed by atoms with Crippen LogP contribution in [0.15, 0.2) is 53.6 Å². The zero-order valence-electron chi connectivity index (χ0n) is 27.4. The highest BCUT2D eigenvalue weighted by Crippen LogP contribution is 2.44. The van der Waals surface area contributed by atoms with Crippen molar-refractivity contribution in [1.82, 2.24) is 4.90 Å². The Kier molecular flexibility index (Phi) is 10.8. The predicted molar refractivity (Wildman–Crippen MR) is 171 cm³/mol. The van der Waals surface area contributed by atoms with E-state index in [1.165, 1.54) is 29.6 Å². The van der Waals surface area contributed by atoms with E-state index in [0.29, 0.717) is 18.6 Å². The fraction of sp³-hybridized carbons (Fsp3) is 0.714. The molecule has 1 aromatic rings. The molecular formula is C35H57NO4Si. The zero-order valence-corrected chi connectivity index (χ0v) is 28.4. The van der Waals surface area contributed by atoms with Crippen LogP contribution in [0.3, 0.4) is 0 Å². The van der Waals surface area contributed by atoms with Crippen LogP contribution in [0.25, 0.3) is 0 Å². The van der Waals surface area contributed by atoms with E-state index in [1.54, 1.807) is 0 Å². The summed E-state index contributed by atoms with van der Waals surface area (Å²) in [4.78, 5) is 2.67. The predicted octanol–water partition coefficient (Wildman–Crippen LogP) is 8.27. The second-order valence-electron chi connectivity index (χ2n) is 13.5. The van der Waals surface area contributed by atoms with Gasteiger partial charge in [-0.1, -0.05) is 70.2 Å². The first-order chi connectivity index (χ1) is 19.5. The standard InChI is InChI=1S/C35H57NO4Si/c1-10-41(11-2,12-3)40-33-30(23-26(4)20-21-27(5)32-28(6)38-34(7,8)39-32)24-36-22-16-19-31(36)35(33,9)37-25-29-17-14-13-15-18-29/h13-15,17-18,21,23,26,28,31-33H,10-12,16,19-20,22,24-25H2,1-9H3/b27-21+,30-23+/t26-,28-,31+,32-,33-,35-/m1/s1. The van der Waals surface area contributed by atoms with Crippen molar-refractivity contribution in [2.24, 2.45) is 5.92 Å². The highest BCUT2D eigenvalue weighted by Gasteiger charge is 2.54. The second-order valence-corrected chi connectivity index (χ2v) is 18.2. The normalized spacial score (nSPS) is 32.4. The number of rotatable bonds is 12. The summed E-state index contributed by atoms with van der Waals surface area (Å²) < 4.78 is 26.7. The topological polar surface area (TPSA) is 40.2 Å². The second kappa shape index (κ2) is 13.6. The maximum Gasteiger partial charge on any atom is 0.193 e. The number of fused-ring (bicyclic) bond motifs is 1. The average molecular weight is 584 g/mol. The van der Waals surface area contributed by atoms with Gasteiger partial charge in [0.25, 0.3) is 0 Å². The Labute approximate surface area is 251 Å². The van der Waals surface area contributed by atoms with Crippen molar-refractivity contribution in [2.75, 3.05) is 13.1 Å². The summed E-state index contributed by atoms with van der Waals surface area (Å²) in [5.74, 6) is -0.139. The highest BCUT2D eigenvalue weighted by atomic mass is 28.4. The van der Waals surface area contributed by atoms with Crippen molar-refractivity contribution in [3.8, 4) is 0 Å². The molecule has 3 aliphatic rings. The smallest absolute Gasteiger partial charge is 0.193 e. The third-order valence-electron chi connectivity index (χ3n) is 10.0. The van der Waals surface area contributed by atoms with E-state index in [0.717, 1.165) is 37.6 Å². The largest absolute Gasteiger partial charge is 0.407 e. The Morgan fingerprint density at radius 2 is 1.78 bits per heavy atom. The van der Waals surface area contributed by atoms with Crippen LogP contribution in [0.4, 0.5) is 0 Å². The van der Waals surface area contributed by atoms with Gasteiger partial charge in [-0.05, 0) is 101 Å². The van der Waals surface area contributed by atoms with E-state index in [1.807, 2.05) is 13.8 Å². The lowest BCUT2D eigenvalue weighted by Gasteiger charge is -2.53. The minimum Gasteiger partial charge on any atom is -0.407 e. The van der Waals surface area contributed by atoms with Gasteiger partial charge in [0.2, 0.25) is 0 Å². The van der Waals surface area contributed by atoms with Crippen molar-refractivity contribution >= 4 is 8.32 Å². The molecule has 4 rings (SSSR count). The van der Waals surface area contributed by atoms with Crippen molar-refractivity contribution in [3.05, 3.63) is 59.2 Å². The number of ether oxygens (including phenoxy) is 3. The van der Waals surface area contributed by atoms with Gasteiger partial charge in [0, 0.05) is 12.6 Å². The molecule has 0 aliphatic carbocycles. The third-order valence-corrected chi connectivity index (χ3v) is 14.6.